The van der Waals surface area contributed by atoms with Crippen LogP contribution in [0.15, 0.2) is 88.8 Å². The van der Waals surface area contributed by atoms with Gasteiger partial charge in [0.1, 0.15) is 11.5 Å². The van der Waals surface area contributed by atoms with Gasteiger partial charge in [-0.1, -0.05) is 30.3 Å². The minimum Gasteiger partial charge on any atom is -0.497 e. The van der Waals surface area contributed by atoms with Gasteiger partial charge in [0.2, 0.25) is 0 Å². The van der Waals surface area contributed by atoms with Crippen molar-refractivity contribution in [2.45, 2.75) is 12.1 Å². The standard InChI is InChI=1S/C26H26N2O2S/c1-29-22-13-9-20(10-14-22)24-25(21-11-15-23(30-2)16-12-21)28-26(27-24,18-31-3)17-19-7-5-4-6-8-19/h4-16H,17-18H2,1-3H3. The first-order valence-corrected chi connectivity index (χ1v) is 11.6. The zero-order valence-electron chi connectivity index (χ0n) is 18.0. The number of hydrogen-bond donors (Lipinski definition) is 0. The van der Waals surface area contributed by atoms with Gasteiger partial charge in [0.05, 0.1) is 25.6 Å². The Morgan fingerprint density at radius 3 is 1.61 bits per heavy atom. The zero-order chi connectivity index (χ0) is 21.7. The van der Waals surface area contributed by atoms with Crippen LogP contribution in [0.25, 0.3) is 0 Å². The lowest BCUT2D eigenvalue weighted by Crippen LogP contribution is -2.28. The van der Waals surface area contributed by atoms with E-state index in [0.29, 0.717) is 0 Å². The number of hydrogen-bond acceptors (Lipinski definition) is 5. The van der Waals surface area contributed by atoms with E-state index in [1.165, 1.54) is 5.56 Å². The van der Waals surface area contributed by atoms with E-state index in [9.17, 15) is 0 Å². The molecule has 0 fully saturated rings. The molecule has 4 rings (SSSR count). The summed E-state index contributed by atoms with van der Waals surface area (Å²) in [6.45, 7) is 0. The highest BCUT2D eigenvalue weighted by Crippen LogP contribution is 2.32. The molecular weight excluding hydrogens is 404 g/mol. The highest BCUT2D eigenvalue weighted by atomic mass is 32.2. The van der Waals surface area contributed by atoms with Crippen LogP contribution in [0.4, 0.5) is 0 Å². The summed E-state index contributed by atoms with van der Waals surface area (Å²) in [6.07, 6.45) is 2.87. The molecule has 0 atom stereocenters. The maximum atomic E-state index is 5.34. The summed E-state index contributed by atoms with van der Waals surface area (Å²) in [7, 11) is 3.35. The molecule has 3 aromatic carbocycles. The number of benzene rings is 3. The zero-order valence-corrected chi connectivity index (χ0v) is 18.9. The maximum absolute atomic E-state index is 5.34. The molecular formula is C26H26N2O2S. The second-order valence-electron chi connectivity index (χ2n) is 7.46. The highest BCUT2D eigenvalue weighted by molar-refractivity contribution is 7.98. The average molecular weight is 431 g/mol. The molecule has 1 heterocycles. The smallest absolute Gasteiger partial charge is 0.164 e. The third kappa shape index (κ3) is 4.67. The minimum atomic E-state index is -0.536. The van der Waals surface area contributed by atoms with Crippen LogP contribution >= 0.6 is 11.8 Å². The van der Waals surface area contributed by atoms with Crippen LogP contribution in [-0.2, 0) is 6.42 Å². The lowest BCUT2D eigenvalue weighted by atomic mass is 10.00. The Morgan fingerprint density at radius 2 is 1.19 bits per heavy atom. The summed E-state index contributed by atoms with van der Waals surface area (Å²) in [5, 5.41) is 0. The Hall–Kier alpha value is -3.05. The van der Waals surface area contributed by atoms with Crippen molar-refractivity contribution >= 4 is 23.2 Å². The fourth-order valence-electron chi connectivity index (χ4n) is 3.80. The van der Waals surface area contributed by atoms with Crippen LogP contribution < -0.4 is 9.47 Å². The van der Waals surface area contributed by atoms with Gasteiger partial charge in [0.15, 0.2) is 5.66 Å². The van der Waals surface area contributed by atoms with Crippen molar-refractivity contribution in [3.8, 4) is 11.5 Å². The second kappa shape index (κ2) is 9.40. The van der Waals surface area contributed by atoms with Crippen LogP contribution in [0.2, 0.25) is 0 Å². The van der Waals surface area contributed by atoms with E-state index < -0.39 is 5.66 Å². The molecule has 1 aliphatic rings. The first-order chi connectivity index (χ1) is 15.2. The fraction of sp³-hybridized carbons (Fsp3) is 0.231. The van der Waals surface area contributed by atoms with Crippen LogP contribution in [0.1, 0.15) is 16.7 Å². The molecule has 0 saturated carbocycles. The van der Waals surface area contributed by atoms with Crippen LogP contribution in [0.3, 0.4) is 0 Å². The summed E-state index contributed by atoms with van der Waals surface area (Å²) in [4.78, 5) is 10.5. The van der Waals surface area contributed by atoms with Crippen molar-refractivity contribution in [3.05, 3.63) is 95.6 Å². The monoisotopic (exact) mass is 430 g/mol. The molecule has 0 unspecified atom stereocenters. The minimum absolute atomic E-state index is 0.536. The van der Waals surface area contributed by atoms with Crippen molar-refractivity contribution in [2.24, 2.45) is 9.98 Å². The van der Waals surface area contributed by atoms with Crippen LogP contribution in [0.5, 0.6) is 11.5 Å². The number of thioether (sulfide) groups is 1. The van der Waals surface area contributed by atoms with Crippen molar-refractivity contribution in [3.63, 3.8) is 0 Å². The molecule has 31 heavy (non-hydrogen) atoms. The summed E-state index contributed by atoms with van der Waals surface area (Å²) >= 11 is 1.77. The molecule has 0 aliphatic carbocycles. The van der Waals surface area contributed by atoms with E-state index in [0.717, 1.165) is 46.2 Å². The largest absolute Gasteiger partial charge is 0.497 e. The molecule has 5 heteroatoms. The van der Waals surface area contributed by atoms with Gasteiger partial charge in [-0.2, -0.15) is 11.8 Å². The van der Waals surface area contributed by atoms with Gasteiger partial charge in [-0.3, -0.25) is 9.98 Å². The molecule has 3 aromatic rings. The van der Waals surface area contributed by atoms with Gasteiger partial charge in [0.25, 0.3) is 0 Å². The summed E-state index contributed by atoms with van der Waals surface area (Å²) in [5.41, 5.74) is 4.59. The molecule has 0 spiro atoms. The van der Waals surface area contributed by atoms with E-state index >= 15 is 0 Å². The van der Waals surface area contributed by atoms with Gasteiger partial charge < -0.3 is 9.47 Å². The van der Waals surface area contributed by atoms with Crippen LogP contribution in [-0.4, -0.2) is 43.3 Å². The Bertz CT molecular complexity index is 1010. The normalized spacial score (nSPS) is 14.7. The molecule has 4 nitrogen and oxygen atoms in total. The van der Waals surface area contributed by atoms with E-state index in [1.54, 1.807) is 26.0 Å². The lowest BCUT2D eigenvalue weighted by molar-refractivity contribution is 0.414. The van der Waals surface area contributed by atoms with E-state index in [2.05, 4.69) is 30.5 Å². The maximum Gasteiger partial charge on any atom is 0.164 e. The Morgan fingerprint density at radius 1 is 0.710 bits per heavy atom. The van der Waals surface area contributed by atoms with Crippen molar-refractivity contribution in [1.82, 2.24) is 0 Å². The number of methoxy groups -OCH3 is 2. The molecule has 0 bridgehead atoms. The van der Waals surface area contributed by atoms with E-state index in [4.69, 9.17) is 19.5 Å². The van der Waals surface area contributed by atoms with Crippen LogP contribution in [0, 0.1) is 0 Å². The third-order valence-corrected chi connectivity index (χ3v) is 6.05. The predicted octanol–water partition coefficient (Wildman–Crippen LogP) is 5.30. The quantitative estimate of drug-likeness (QED) is 0.487. The van der Waals surface area contributed by atoms with Gasteiger partial charge in [-0.25, -0.2) is 0 Å². The lowest BCUT2D eigenvalue weighted by Gasteiger charge is -2.22. The summed E-state index contributed by atoms with van der Waals surface area (Å²) in [6, 6.07) is 26.5. The van der Waals surface area contributed by atoms with Gasteiger partial charge >= 0.3 is 0 Å². The summed E-state index contributed by atoms with van der Waals surface area (Å²) in [5.74, 6) is 2.45. The molecule has 158 valence electrons. The van der Waals surface area contributed by atoms with Crippen molar-refractivity contribution in [1.29, 1.82) is 0 Å². The number of nitrogens with zero attached hydrogens (tertiary/aromatic N) is 2. The number of ether oxygens (including phenoxy) is 2. The van der Waals surface area contributed by atoms with Gasteiger partial charge in [-0.15, -0.1) is 0 Å². The fourth-order valence-corrected chi connectivity index (χ4v) is 4.49. The van der Waals surface area contributed by atoms with Crippen molar-refractivity contribution < 1.29 is 9.47 Å². The Balaban J connectivity index is 1.81. The van der Waals surface area contributed by atoms with Crippen molar-refractivity contribution in [2.75, 3.05) is 26.2 Å². The Labute approximate surface area is 188 Å². The topological polar surface area (TPSA) is 43.2 Å². The first kappa shape index (κ1) is 21.2. The highest BCUT2D eigenvalue weighted by Gasteiger charge is 2.37. The average Bonchev–Trinajstić information content (AvgIpc) is 3.19. The predicted molar refractivity (Wildman–Crippen MR) is 130 cm³/mol. The number of rotatable bonds is 8. The second-order valence-corrected chi connectivity index (χ2v) is 8.32. The molecule has 0 aromatic heterocycles. The van der Waals surface area contributed by atoms with Gasteiger partial charge in [-0.05, 0) is 60.4 Å². The molecule has 0 radical (unpaired) electrons. The Kier molecular flexibility index (Phi) is 6.42. The van der Waals surface area contributed by atoms with E-state index in [1.807, 2.05) is 54.6 Å². The third-order valence-electron chi connectivity index (χ3n) is 5.30. The van der Waals surface area contributed by atoms with E-state index in [-0.39, 0.29) is 0 Å². The molecule has 0 amide bonds. The van der Waals surface area contributed by atoms with Gasteiger partial charge in [0, 0.05) is 23.3 Å². The first-order valence-electron chi connectivity index (χ1n) is 10.2. The molecule has 0 saturated heterocycles. The summed E-state index contributed by atoms with van der Waals surface area (Å²) < 4.78 is 10.7. The molecule has 1 aliphatic heterocycles. The molecule has 0 N–H and O–H groups in total. The SMILES string of the molecule is COc1ccc(C2=NC(CSC)(Cc3ccccc3)N=C2c2ccc(OC)cc2)cc1. The number of aliphatic imine (C=N–C) groups is 2.